The second kappa shape index (κ2) is 2.52. The number of carboxylic acids is 1. The van der Waals surface area contributed by atoms with Crippen molar-refractivity contribution < 1.29 is 15.0 Å². The van der Waals surface area contributed by atoms with Gasteiger partial charge in [-0.25, -0.2) is 4.79 Å². The number of aromatic carboxylic acids is 1. The molecule has 0 aliphatic carbocycles. The SMILES string of the molecule is O=C(O)c1cc2ccc([O-])cc2[nH]1. The average Bonchev–Trinajstić information content (AvgIpc) is 2.46. The first-order valence-corrected chi connectivity index (χ1v) is 3.70. The molecule has 0 atom stereocenters. The van der Waals surface area contributed by atoms with E-state index in [0.717, 1.165) is 5.39 Å². The number of aromatic nitrogens is 1. The maximum absolute atomic E-state index is 10.9. The molecule has 0 aliphatic heterocycles. The lowest BCUT2D eigenvalue weighted by Gasteiger charge is -2.02. The van der Waals surface area contributed by atoms with Crippen molar-refractivity contribution in [2.75, 3.05) is 0 Å². The third kappa shape index (κ3) is 1.22. The van der Waals surface area contributed by atoms with Crippen LogP contribution in [0.25, 0.3) is 10.9 Å². The molecule has 0 spiro atoms. The van der Waals surface area contributed by atoms with Gasteiger partial charge in [-0.3, -0.25) is 0 Å². The number of carboxylic acid groups (broad SMARTS) is 1. The number of H-pyrrole nitrogens is 1. The molecule has 0 amide bonds. The van der Waals surface area contributed by atoms with E-state index in [4.69, 9.17) is 5.11 Å². The van der Waals surface area contributed by atoms with Gasteiger partial charge in [0.1, 0.15) is 5.69 Å². The van der Waals surface area contributed by atoms with E-state index in [-0.39, 0.29) is 11.4 Å². The van der Waals surface area contributed by atoms with Crippen molar-refractivity contribution in [1.82, 2.24) is 4.98 Å². The molecule has 1 aromatic carbocycles. The van der Waals surface area contributed by atoms with Gasteiger partial charge in [0, 0.05) is 10.9 Å². The van der Waals surface area contributed by atoms with Crippen LogP contribution < -0.4 is 5.11 Å². The van der Waals surface area contributed by atoms with Crippen LogP contribution in [0.1, 0.15) is 10.5 Å². The van der Waals surface area contributed by atoms with Gasteiger partial charge in [-0.05, 0) is 12.1 Å². The molecule has 2 aromatic rings. The minimum absolute atomic E-state index is 0.0978. The highest BCUT2D eigenvalue weighted by Crippen LogP contribution is 2.18. The quantitative estimate of drug-likeness (QED) is 0.678. The van der Waals surface area contributed by atoms with Gasteiger partial charge in [-0.15, -0.1) is 5.75 Å². The number of hydrogen-bond donors (Lipinski definition) is 2. The Morgan fingerprint density at radius 1 is 1.38 bits per heavy atom. The predicted molar refractivity (Wildman–Crippen MR) is 44.7 cm³/mol. The van der Waals surface area contributed by atoms with Gasteiger partial charge in [-0.1, -0.05) is 12.1 Å². The number of carbonyl (C=O) groups is 1. The number of benzene rings is 1. The largest absolute Gasteiger partial charge is 0.872 e. The lowest BCUT2D eigenvalue weighted by Crippen LogP contribution is -1.94. The number of rotatable bonds is 1. The zero-order chi connectivity index (χ0) is 9.42. The molecule has 0 fully saturated rings. The van der Waals surface area contributed by atoms with E-state index in [9.17, 15) is 9.90 Å². The summed E-state index contributed by atoms with van der Waals surface area (Å²) in [6, 6.07) is 5.88. The topological polar surface area (TPSA) is 76.2 Å². The van der Waals surface area contributed by atoms with Gasteiger partial charge in [0.15, 0.2) is 0 Å². The van der Waals surface area contributed by atoms with Crippen molar-refractivity contribution in [2.24, 2.45) is 0 Å². The van der Waals surface area contributed by atoms with E-state index in [0.29, 0.717) is 5.52 Å². The minimum Gasteiger partial charge on any atom is -0.872 e. The van der Waals surface area contributed by atoms with Crippen LogP contribution in [0.3, 0.4) is 0 Å². The number of hydrogen-bond acceptors (Lipinski definition) is 2. The Bertz CT molecular complexity index is 473. The molecule has 1 heterocycles. The first-order chi connectivity index (χ1) is 6.16. The smallest absolute Gasteiger partial charge is 0.352 e. The summed E-state index contributed by atoms with van der Waals surface area (Å²) in [4.78, 5) is 13.2. The average molecular weight is 176 g/mol. The van der Waals surface area contributed by atoms with Crippen LogP contribution in [0.4, 0.5) is 0 Å². The summed E-state index contributed by atoms with van der Waals surface area (Å²) >= 11 is 0. The van der Waals surface area contributed by atoms with Crippen molar-refractivity contribution in [3.63, 3.8) is 0 Å². The molecule has 4 heteroatoms. The van der Waals surface area contributed by atoms with Crippen LogP contribution in [-0.4, -0.2) is 16.1 Å². The summed E-state index contributed by atoms with van der Waals surface area (Å²) in [6.45, 7) is 0. The Balaban J connectivity index is 2.68. The lowest BCUT2D eigenvalue weighted by atomic mass is 10.2. The molecule has 2 rings (SSSR count). The summed E-state index contributed by atoms with van der Waals surface area (Å²) in [6.07, 6.45) is 0. The van der Waals surface area contributed by atoms with E-state index in [1.165, 1.54) is 18.2 Å². The lowest BCUT2D eigenvalue weighted by molar-refractivity contribution is -0.268. The van der Waals surface area contributed by atoms with Crippen molar-refractivity contribution in [2.45, 2.75) is 0 Å². The monoisotopic (exact) mass is 176 g/mol. The number of fused-ring (bicyclic) bond motifs is 1. The molecule has 13 heavy (non-hydrogen) atoms. The highest BCUT2D eigenvalue weighted by molar-refractivity contribution is 5.94. The molecule has 0 bridgehead atoms. The maximum Gasteiger partial charge on any atom is 0.352 e. The van der Waals surface area contributed by atoms with Crippen molar-refractivity contribution in [1.29, 1.82) is 0 Å². The highest BCUT2D eigenvalue weighted by Gasteiger charge is 2.05. The van der Waals surface area contributed by atoms with E-state index in [2.05, 4.69) is 4.98 Å². The second-order valence-electron chi connectivity index (χ2n) is 2.74. The Kier molecular flexibility index (Phi) is 1.48. The van der Waals surface area contributed by atoms with E-state index in [1.54, 1.807) is 6.07 Å². The van der Waals surface area contributed by atoms with Gasteiger partial charge in [0.2, 0.25) is 0 Å². The highest BCUT2D eigenvalue weighted by atomic mass is 16.4. The summed E-state index contributed by atoms with van der Waals surface area (Å²) in [5, 5.41) is 20.3. The first kappa shape index (κ1) is 7.67. The van der Waals surface area contributed by atoms with E-state index in [1.807, 2.05) is 0 Å². The van der Waals surface area contributed by atoms with Crippen LogP contribution in [-0.2, 0) is 0 Å². The number of aromatic amines is 1. The molecule has 2 N–H and O–H groups in total. The molecule has 0 radical (unpaired) electrons. The van der Waals surface area contributed by atoms with Crippen LogP contribution in [0.2, 0.25) is 0 Å². The van der Waals surface area contributed by atoms with Gasteiger partial charge in [-0.2, -0.15) is 0 Å². The molecule has 0 saturated carbocycles. The molecule has 0 aliphatic rings. The fourth-order valence-corrected chi connectivity index (χ4v) is 1.22. The Hall–Kier alpha value is -1.97. The van der Waals surface area contributed by atoms with Crippen molar-refractivity contribution >= 4 is 16.9 Å². The van der Waals surface area contributed by atoms with Crippen molar-refractivity contribution in [3.05, 3.63) is 30.0 Å². The second-order valence-corrected chi connectivity index (χ2v) is 2.74. The molecule has 0 saturated heterocycles. The third-order valence-corrected chi connectivity index (χ3v) is 1.82. The molecule has 66 valence electrons. The summed E-state index contributed by atoms with van der Waals surface area (Å²) in [7, 11) is 0. The Labute approximate surface area is 73.4 Å². The standard InChI is InChI=1S/C9H7NO3/c11-6-2-1-5-3-8(9(12)13)10-7(5)4-6/h1-4,10-11H,(H,12,13)/p-1. The minimum atomic E-state index is -1.02. The molecular weight excluding hydrogens is 170 g/mol. The maximum atomic E-state index is 10.9. The van der Waals surface area contributed by atoms with E-state index < -0.39 is 5.97 Å². The molecule has 0 unspecified atom stereocenters. The molecular formula is C9H6NO3-. The fourth-order valence-electron chi connectivity index (χ4n) is 1.22. The van der Waals surface area contributed by atoms with Crippen LogP contribution in [0, 0.1) is 0 Å². The van der Waals surface area contributed by atoms with Crippen molar-refractivity contribution in [3.8, 4) is 5.75 Å². The van der Waals surface area contributed by atoms with Crippen LogP contribution >= 0.6 is 0 Å². The van der Waals surface area contributed by atoms with Crippen LogP contribution in [0.5, 0.6) is 5.75 Å². The zero-order valence-electron chi connectivity index (χ0n) is 6.57. The van der Waals surface area contributed by atoms with Gasteiger partial charge in [0.25, 0.3) is 0 Å². The predicted octanol–water partition coefficient (Wildman–Crippen LogP) is 0.940. The van der Waals surface area contributed by atoms with Gasteiger partial charge in [0.05, 0.1) is 0 Å². The normalized spacial score (nSPS) is 10.5. The summed E-state index contributed by atoms with van der Waals surface area (Å²) < 4.78 is 0. The Morgan fingerprint density at radius 2 is 2.15 bits per heavy atom. The third-order valence-electron chi connectivity index (χ3n) is 1.82. The van der Waals surface area contributed by atoms with E-state index >= 15 is 0 Å². The summed E-state index contributed by atoms with van der Waals surface area (Å²) in [5.74, 6) is -1.16. The van der Waals surface area contributed by atoms with Gasteiger partial charge >= 0.3 is 5.97 Å². The molecule has 4 nitrogen and oxygen atoms in total. The Morgan fingerprint density at radius 3 is 2.85 bits per heavy atom. The van der Waals surface area contributed by atoms with Crippen LogP contribution in [0.15, 0.2) is 24.3 Å². The summed E-state index contributed by atoms with van der Waals surface area (Å²) in [5.41, 5.74) is 0.658. The fraction of sp³-hybridized carbons (Fsp3) is 0. The number of nitrogens with one attached hydrogen (secondary N) is 1. The molecule has 1 aromatic heterocycles. The first-order valence-electron chi connectivity index (χ1n) is 3.70. The zero-order valence-corrected chi connectivity index (χ0v) is 6.57. The van der Waals surface area contributed by atoms with Gasteiger partial charge < -0.3 is 15.2 Å².